The molecule has 158 valence electrons. The summed E-state index contributed by atoms with van der Waals surface area (Å²) in [5.74, 6) is -2.70. The highest BCUT2D eigenvalue weighted by Crippen LogP contribution is 2.31. The molecule has 2 rings (SSSR count). The van der Waals surface area contributed by atoms with Crippen molar-refractivity contribution < 1.29 is 35.8 Å². The van der Waals surface area contributed by atoms with Crippen LogP contribution in [-0.4, -0.2) is 59.5 Å². The Labute approximate surface area is 156 Å². The second-order valence-corrected chi connectivity index (χ2v) is 6.19. The molecule has 1 aromatic heterocycles. The number of allylic oxidation sites excluding steroid dienone is 1. The minimum Gasteiger partial charge on any atom is -0.389 e. The third kappa shape index (κ3) is 5.46. The van der Waals surface area contributed by atoms with E-state index in [1.54, 1.807) is 0 Å². The molecule has 0 aromatic carbocycles. The summed E-state index contributed by atoms with van der Waals surface area (Å²) in [6.07, 6.45) is -4.80. The van der Waals surface area contributed by atoms with E-state index in [9.17, 15) is 35.8 Å². The van der Waals surface area contributed by atoms with Crippen molar-refractivity contribution in [3.63, 3.8) is 0 Å². The van der Waals surface area contributed by atoms with Gasteiger partial charge in [-0.3, -0.25) is 0 Å². The van der Waals surface area contributed by atoms with E-state index >= 15 is 0 Å². The molecule has 3 unspecified atom stereocenters. The van der Waals surface area contributed by atoms with Gasteiger partial charge in [0.25, 0.3) is 12.9 Å². The van der Waals surface area contributed by atoms with Gasteiger partial charge < -0.3 is 15.7 Å². The number of aromatic nitrogens is 2. The molecule has 1 aromatic rings. The van der Waals surface area contributed by atoms with Crippen molar-refractivity contribution in [2.45, 2.75) is 50.3 Å². The number of aliphatic hydroxyl groups is 1. The Balaban J connectivity index is 2.47. The highest BCUT2D eigenvalue weighted by molar-refractivity contribution is 5.68. The molecule has 28 heavy (non-hydrogen) atoms. The number of alkyl halides is 6. The quantitative estimate of drug-likeness (QED) is 0.537. The summed E-state index contributed by atoms with van der Waals surface area (Å²) in [5, 5.41) is 13.6. The maximum absolute atomic E-state index is 14.8. The first-order chi connectivity index (χ1) is 13.3. The summed E-state index contributed by atoms with van der Waals surface area (Å²) >= 11 is 0. The van der Waals surface area contributed by atoms with Crippen molar-refractivity contribution in [3.05, 3.63) is 17.6 Å². The summed E-state index contributed by atoms with van der Waals surface area (Å²) < 4.78 is 91.6. The monoisotopic (exact) mass is 416 g/mol. The molecule has 0 radical (unpaired) electrons. The van der Waals surface area contributed by atoms with Gasteiger partial charge in [0.1, 0.15) is 31.1 Å². The Bertz CT molecular complexity index is 689. The predicted molar refractivity (Wildman–Crippen MR) is 88.6 cm³/mol. The maximum Gasteiger partial charge on any atom is 0.261 e. The molecule has 0 bridgehead atoms. The van der Waals surface area contributed by atoms with E-state index in [0.717, 1.165) is 0 Å². The van der Waals surface area contributed by atoms with Crippen LogP contribution in [0.25, 0.3) is 5.57 Å². The number of nitrogens with one attached hydrogen (secondary N) is 2. The Morgan fingerprint density at radius 2 is 1.64 bits per heavy atom. The minimum atomic E-state index is -3.20. The lowest BCUT2D eigenvalue weighted by Gasteiger charge is -2.21. The van der Waals surface area contributed by atoms with Gasteiger partial charge in [-0.15, -0.1) is 0 Å². The van der Waals surface area contributed by atoms with Crippen molar-refractivity contribution in [2.24, 2.45) is 0 Å². The molecule has 1 aliphatic carbocycles. The number of hydrogen-bond acceptors (Lipinski definition) is 5. The Morgan fingerprint density at radius 3 is 2.18 bits per heavy atom. The van der Waals surface area contributed by atoms with Crippen LogP contribution in [-0.2, 0) is 0 Å². The number of rotatable bonds is 9. The van der Waals surface area contributed by atoms with Gasteiger partial charge in [0.15, 0.2) is 11.6 Å². The fourth-order valence-electron chi connectivity index (χ4n) is 2.60. The molecule has 5 nitrogen and oxygen atoms in total. The second kappa shape index (κ2) is 9.89. The van der Waals surface area contributed by atoms with Gasteiger partial charge in [0.2, 0.25) is 5.95 Å². The molecular weight excluding hydrogens is 397 g/mol. The van der Waals surface area contributed by atoms with E-state index in [1.165, 1.54) is 6.08 Å². The zero-order valence-corrected chi connectivity index (χ0v) is 14.5. The van der Waals surface area contributed by atoms with Gasteiger partial charge in [-0.1, -0.05) is 6.08 Å². The Morgan fingerprint density at radius 1 is 1.04 bits per heavy atom. The zero-order chi connectivity index (χ0) is 20.8. The highest BCUT2D eigenvalue weighted by atomic mass is 19.3. The zero-order valence-electron chi connectivity index (χ0n) is 14.5. The van der Waals surface area contributed by atoms with Crippen LogP contribution < -0.4 is 10.6 Å². The lowest BCUT2D eigenvalue weighted by atomic mass is 9.95. The van der Waals surface area contributed by atoms with Crippen molar-refractivity contribution >= 4 is 17.3 Å². The SMILES string of the molecule is OC1C=C(c2nc(NC(CF)C(F)F)nc(NC(CF)C(F)F)c2F)CCC1. The summed E-state index contributed by atoms with van der Waals surface area (Å²) in [4.78, 5) is 7.23. The molecule has 0 saturated heterocycles. The highest BCUT2D eigenvalue weighted by Gasteiger charge is 2.28. The average Bonchev–Trinajstić information content (AvgIpc) is 2.65. The molecule has 1 aliphatic rings. The van der Waals surface area contributed by atoms with Crippen LogP contribution in [0.4, 0.5) is 42.5 Å². The van der Waals surface area contributed by atoms with Crippen LogP contribution in [0.2, 0.25) is 0 Å². The van der Waals surface area contributed by atoms with Crippen LogP contribution in [0.5, 0.6) is 0 Å². The van der Waals surface area contributed by atoms with E-state index in [-0.39, 0.29) is 12.0 Å². The van der Waals surface area contributed by atoms with Gasteiger partial charge in [-0.2, -0.15) is 4.98 Å². The summed E-state index contributed by atoms with van der Waals surface area (Å²) in [7, 11) is 0. The van der Waals surface area contributed by atoms with Crippen molar-refractivity contribution in [1.82, 2.24) is 9.97 Å². The van der Waals surface area contributed by atoms with Gasteiger partial charge in [-0.05, 0) is 24.8 Å². The predicted octanol–water partition coefficient (Wildman–Crippen LogP) is 3.57. The molecule has 0 amide bonds. The van der Waals surface area contributed by atoms with Gasteiger partial charge >= 0.3 is 0 Å². The standard InChI is InChI=1S/C16H19F7N4O/c17-5-9(13(20)21)24-15-11(19)12(7-2-1-3-8(28)4-7)26-16(27-15)25-10(6-18)14(22)23/h4,8-10,13-14,28H,1-3,5-6H2,(H2,24,25,26,27). The van der Waals surface area contributed by atoms with E-state index in [0.29, 0.717) is 12.8 Å². The first kappa shape index (κ1) is 22.2. The second-order valence-electron chi connectivity index (χ2n) is 6.19. The van der Waals surface area contributed by atoms with Crippen molar-refractivity contribution in [2.75, 3.05) is 24.0 Å². The third-order valence-corrected chi connectivity index (χ3v) is 4.07. The van der Waals surface area contributed by atoms with Gasteiger partial charge in [-0.25, -0.2) is 35.7 Å². The summed E-state index contributed by atoms with van der Waals surface area (Å²) in [6.45, 7) is -3.05. The maximum atomic E-state index is 14.8. The smallest absolute Gasteiger partial charge is 0.261 e. The summed E-state index contributed by atoms with van der Waals surface area (Å²) in [6, 6.07) is -4.10. The normalized spacial score (nSPS) is 19.5. The average molecular weight is 416 g/mol. The molecule has 0 spiro atoms. The molecule has 3 N–H and O–H groups in total. The van der Waals surface area contributed by atoms with Crippen LogP contribution in [0.3, 0.4) is 0 Å². The number of nitrogens with zero attached hydrogens (tertiary/aromatic N) is 2. The number of halogens is 7. The third-order valence-electron chi connectivity index (χ3n) is 4.07. The molecule has 12 heteroatoms. The molecule has 1 heterocycles. The molecule has 0 fully saturated rings. The molecular formula is C16H19F7N4O. The molecule has 0 aliphatic heterocycles. The van der Waals surface area contributed by atoms with Crippen LogP contribution >= 0.6 is 0 Å². The van der Waals surface area contributed by atoms with E-state index in [4.69, 9.17) is 0 Å². The number of anilines is 2. The first-order valence-electron chi connectivity index (χ1n) is 8.44. The largest absolute Gasteiger partial charge is 0.389 e. The van der Waals surface area contributed by atoms with Crippen molar-refractivity contribution in [1.29, 1.82) is 0 Å². The summed E-state index contributed by atoms with van der Waals surface area (Å²) in [5.41, 5.74) is -0.232. The van der Waals surface area contributed by atoms with E-state index in [1.807, 2.05) is 10.6 Å². The van der Waals surface area contributed by atoms with Gasteiger partial charge in [0.05, 0.1) is 6.10 Å². The lowest BCUT2D eigenvalue weighted by molar-refractivity contribution is 0.112. The molecule has 3 atom stereocenters. The van der Waals surface area contributed by atoms with Crippen LogP contribution in [0.1, 0.15) is 25.0 Å². The fraction of sp³-hybridized carbons (Fsp3) is 0.625. The Hall–Kier alpha value is -2.11. The minimum absolute atomic E-state index is 0.201. The topological polar surface area (TPSA) is 70.1 Å². The lowest BCUT2D eigenvalue weighted by Crippen LogP contribution is -2.33. The van der Waals surface area contributed by atoms with Crippen LogP contribution in [0, 0.1) is 5.82 Å². The van der Waals surface area contributed by atoms with Gasteiger partial charge in [0, 0.05) is 0 Å². The van der Waals surface area contributed by atoms with Crippen LogP contribution in [0.15, 0.2) is 6.08 Å². The van der Waals surface area contributed by atoms with E-state index in [2.05, 4.69) is 9.97 Å². The van der Waals surface area contributed by atoms with E-state index < -0.39 is 67.7 Å². The van der Waals surface area contributed by atoms with Crippen molar-refractivity contribution in [3.8, 4) is 0 Å². The fourth-order valence-corrected chi connectivity index (χ4v) is 2.60. The number of aliphatic hydroxyl groups excluding tert-OH is 1. The molecule has 0 saturated carbocycles. The first-order valence-corrected chi connectivity index (χ1v) is 8.44. The Kier molecular flexibility index (Phi) is 7.84. The number of hydrogen-bond donors (Lipinski definition) is 3.